The molecule has 1 aliphatic rings. The third-order valence-electron chi connectivity index (χ3n) is 3.65. The lowest BCUT2D eigenvalue weighted by atomic mass is 9.98. The van der Waals surface area contributed by atoms with Gasteiger partial charge in [0.05, 0.1) is 6.61 Å². The third kappa shape index (κ3) is 3.47. The molecule has 0 saturated carbocycles. The van der Waals surface area contributed by atoms with Crippen LogP contribution in [-0.4, -0.2) is 30.1 Å². The summed E-state index contributed by atoms with van der Waals surface area (Å²) >= 11 is 0. The Kier molecular flexibility index (Phi) is 4.61. The molecule has 3 nitrogen and oxygen atoms in total. The van der Waals surface area contributed by atoms with Gasteiger partial charge in [-0.05, 0) is 44.4 Å². The summed E-state index contributed by atoms with van der Waals surface area (Å²) in [6.45, 7) is 7.10. The zero-order valence-corrected chi connectivity index (χ0v) is 11.4. The highest BCUT2D eigenvalue weighted by atomic mass is 16.5. The number of ether oxygens (including phenoxy) is 1. The van der Waals surface area contributed by atoms with Crippen LogP contribution in [0.2, 0.25) is 0 Å². The van der Waals surface area contributed by atoms with Gasteiger partial charge in [-0.15, -0.1) is 0 Å². The van der Waals surface area contributed by atoms with Gasteiger partial charge in [0, 0.05) is 25.2 Å². The molecular formula is C15H24N2O. The molecule has 1 aromatic carbocycles. The minimum Gasteiger partial charge on any atom is -0.494 e. The Morgan fingerprint density at radius 2 is 2.28 bits per heavy atom. The fourth-order valence-electron chi connectivity index (χ4n) is 2.63. The van der Waals surface area contributed by atoms with Gasteiger partial charge in [-0.2, -0.15) is 0 Å². The van der Waals surface area contributed by atoms with E-state index in [-0.39, 0.29) is 0 Å². The van der Waals surface area contributed by atoms with E-state index in [0.29, 0.717) is 12.1 Å². The number of likely N-dealkylation sites (tertiary alicyclic amines) is 1. The maximum atomic E-state index is 6.00. The fraction of sp³-hybridized carbons (Fsp3) is 0.600. The molecule has 0 aliphatic carbocycles. The number of hydrogen-bond acceptors (Lipinski definition) is 3. The smallest absolute Gasteiger partial charge is 0.119 e. The molecule has 0 radical (unpaired) electrons. The Morgan fingerprint density at radius 3 is 3.00 bits per heavy atom. The first-order valence-corrected chi connectivity index (χ1v) is 6.90. The van der Waals surface area contributed by atoms with Crippen molar-refractivity contribution in [3.8, 4) is 5.75 Å². The number of benzene rings is 1. The molecule has 100 valence electrons. The topological polar surface area (TPSA) is 38.5 Å². The Labute approximate surface area is 110 Å². The van der Waals surface area contributed by atoms with E-state index in [4.69, 9.17) is 10.5 Å². The maximum absolute atomic E-state index is 6.00. The molecule has 1 heterocycles. The van der Waals surface area contributed by atoms with E-state index >= 15 is 0 Å². The zero-order valence-electron chi connectivity index (χ0n) is 11.4. The van der Waals surface area contributed by atoms with Gasteiger partial charge >= 0.3 is 0 Å². The summed E-state index contributed by atoms with van der Waals surface area (Å²) < 4.78 is 5.54. The molecule has 2 unspecified atom stereocenters. The standard InChI is InChI=1S/C15H24N2O/c1-3-18-15-6-4-5-13(10-15)11-17-8-7-14(16)9-12(17)2/h4-6,10,12,14H,3,7-9,11,16H2,1-2H3. The Morgan fingerprint density at radius 1 is 1.44 bits per heavy atom. The lowest BCUT2D eigenvalue weighted by molar-refractivity contribution is 0.140. The maximum Gasteiger partial charge on any atom is 0.119 e. The molecule has 1 aromatic rings. The average Bonchev–Trinajstić information content (AvgIpc) is 2.34. The van der Waals surface area contributed by atoms with E-state index in [1.165, 1.54) is 5.56 Å². The number of nitrogens with zero attached hydrogens (tertiary/aromatic N) is 1. The minimum absolute atomic E-state index is 0.381. The molecule has 18 heavy (non-hydrogen) atoms. The van der Waals surface area contributed by atoms with Crippen LogP contribution in [0.1, 0.15) is 32.3 Å². The summed E-state index contributed by atoms with van der Waals surface area (Å²) in [6, 6.07) is 9.35. The number of rotatable bonds is 4. The molecule has 2 rings (SSSR count). The van der Waals surface area contributed by atoms with Crippen molar-refractivity contribution in [2.75, 3.05) is 13.2 Å². The van der Waals surface area contributed by atoms with Gasteiger partial charge in [-0.3, -0.25) is 4.90 Å². The number of piperidine rings is 1. The highest BCUT2D eigenvalue weighted by Crippen LogP contribution is 2.20. The highest BCUT2D eigenvalue weighted by Gasteiger charge is 2.22. The highest BCUT2D eigenvalue weighted by molar-refractivity contribution is 5.28. The largest absolute Gasteiger partial charge is 0.494 e. The van der Waals surface area contributed by atoms with Crippen LogP contribution in [0.25, 0.3) is 0 Å². The van der Waals surface area contributed by atoms with Crippen molar-refractivity contribution < 1.29 is 4.74 Å². The van der Waals surface area contributed by atoms with Gasteiger partial charge < -0.3 is 10.5 Å². The van der Waals surface area contributed by atoms with E-state index in [2.05, 4.69) is 30.0 Å². The van der Waals surface area contributed by atoms with Crippen LogP contribution in [0, 0.1) is 0 Å². The summed E-state index contributed by atoms with van der Waals surface area (Å²) in [4.78, 5) is 2.51. The van der Waals surface area contributed by atoms with Crippen molar-refractivity contribution in [2.45, 2.75) is 45.3 Å². The van der Waals surface area contributed by atoms with Gasteiger partial charge in [0.25, 0.3) is 0 Å². The molecule has 2 atom stereocenters. The van der Waals surface area contributed by atoms with Gasteiger partial charge in [-0.1, -0.05) is 12.1 Å². The normalized spacial score (nSPS) is 25.1. The predicted molar refractivity (Wildman–Crippen MR) is 74.7 cm³/mol. The average molecular weight is 248 g/mol. The van der Waals surface area contributed by atoms with Crippen LogP contribution >= 0.6 is 0 Å². The molecule has 0 aromatic heterocycles. The van der Waals surface area contributed by atoms with Crippen molar-refractivity contribution in [3.05, 3.63) is 29.8 Å². The minimum atomic E-state index is 0.381. The lowest BCUT2D eigenvalue weighted by Crippen LogP contribution is -2.44. The van der Waals surface area contributed by atoms with Gasteiger partial charge in [0.15, 0.2) is 0 Å². The Balaban J connectivity index is 1.98. The Hall–Kier alpha value is -1.06. The molecule has 0 spiro atoms. The predicted octanol–water partition coefficient (Wildman–Crippen LogP) is 2.40. The monoisotopic (exact) mass is 248 g/mol. The van der Waals surface area contributed by atoms with Crippen LogP contribution in [0.15, 0.2) is 24.3 Å². The summed E-state index contributed by atoms with van der Waals surface area (Å²) in [5, 5.41) is 0. The van der Waals surface area contributed by atoms with Crippen LogP contribution in [0.4, 0.5) is 0 Å². The van der Waals surface area contributed by atoms with Crippen molar-refractivity contribution in [1.82, 2.24) is 4.90 Å². The van der Waals surface area contributed by atoms with E-state index in [0.717, 1.165) is 38.3 Å². The first-order valence-electron chi connectivity index (χ1n) is 6.90. The van der Waals surface area contributed by atoms with Crippen LogP contribution in [-0.2, 0) is 6.54 Å². The molecular weight excluding hydrogens is 224 g/mol. The summed E-state index contributed by atoms with van der Waals surface area (Å²) in [5.74, 6) is 0.969. The van der Waals surface area contributed by atoms with Crippen molar-refractivity contribution in [2.24, 2.45) is 5.73 Å². The van der Waals surface area contributed by atoms with Crippen molar-refractivity contribution >= 4 is 0 Å². The van der Waals surface area contributed by atoms with Gasteiger partial charge in [0.1, 0.15) is 5.75 Å². The van der Waals surface area contributed by atoms with Crippen LogP contribution in [0.5, 0.6) is 5.75 Å². The summed E-state index contributed by atoms with van der Waals surface area (Å²) in [5.41, 5.74) is 7.32. The van der Waals surface area contributed by atoms with Crippen molar-refractivity contribution in [3.63, 3.8) is 0 Å². The summed E-state index contributed by atoms with van der Waals surface area (Å²) in [7, 11) is 0. The molecule has 0 amide bonds. The zero-order chi connectivity index (χ0) is 13.0. The van der Waals surface area contributed by atoms with E-state index < -0.39 is 0 Å². The number of nitrogens with two attached hydrogens (primary N) is 1. The second-order valence-electron chi connectivity index (χ2n) is 5.18. The van der Waals surface area contributed by atoms with Gasteiger partial charge in [0.2, 0.25) is 0 Å². The second kappa shape index (κ2) is 6.21. The summed E-state index contributed by atoms with van der Waals surface area (Å²) in [6.07, 6.45) is 2.21. The van der Waals surface area contributed by atoms with Crippen molar-refractivity contribution in [1.29, 1.82) is 0 Å². The van der Waals surface area contributed by atoms with Crippen LogP contribution < -0.4 is 10.5 Å². The Bertz CT molecular complexity index is 381. The molecule has 2 N–H and O–H groups in total. The van der Waals surface area contributed by atoms with E-state index in [1.54, 1.807) is 0 Å². The van der Waals surface area contributed by atoms with Crippen LogP contribution in [0.3, 0.4) is 0 Å². The lowest BCUT2D eigenvalue weighted by Gasteiger charge is -2.36. The molecule has 0 bridgehead atoms. The molecule has 1 saturated heterocycles. The first kappa shape index (κ1) is 13.4. The van der Waals surface area contributed by atoms with E-state index in [1.807, 2.05) is 13.0 Å². The SMILES string of the molecule is CCOc1cccc(CN2CCC(N)CC2C)c1. The quantitative estimate of drug-likeness (QED) is 0.889. The van der Waals surface area contributed by atoms with Gasteiger partial charge in [-0.25, -0.2) is 0 Å². The molecule has 1 fully saturated rings. The third-order valence-corrected chi connectivity index (χ3v) is 3.65. The van der Waals surface area contributed by atoms with E-state index in [9.17, 15) is 0 Å². The fourth-order valence-corrected chi connectivity index (χ4v) is 2.63. The first-order chi connectivity index (χ1) is 8.69. The molecule has 3 heteroatoms. The molecule has 1 aliphatic heterocycles. The number of hydrogen-bond donors (Lipinski definition) is 1. The second-order valence-corrected chi connectivity index (χ2v) is 5.18.